The predicted octanol–water partition coefficient (Wildman–Crippen LogP) is 2.18. The van der Waals surface area contributed by atoms with Crippen LogP contribution in [0.2, 0.25) is 0 Å². The van der Waals surface area contributed by atoms with Crippen LogP contribution < -0.4 is 0 Å². The normalized spacial score (nSPS) is 18.3. The smallest absolute Gasteiger partial charge is 0.370 e. The van der Waals surface area contributed by atoms with Crippen molar-refractivity contribution in [3.63, 3.8) is 0 Å². The number of carbonyl (C=O) groups is 2. The molecule has 1 fully saturated rings. The molecule has 0 aromatic rings. The number of unbranched alkanes of at least 4 members (excludes halogenated alkanes) is 3. The Hall–Kier alpha value is -1.14. The summed E-state index contributed by atoms with van der Waals surface area (Å²) in [6.07, 6.45) is 4.88. The summed E-state index contributed by atoms with van der Waals surface area (Å²) in [6.45, 7) is 1.91. The lowest BCUT2D eigenvalue weighted by Crippen LogP contribution is -2.32. The third-order valence-electron chi connectivity index (χ3n) is 3.28. The average molecular weight is 260 g/mol. The quantitative estimate of drug-likeness (QED) is 0.355. The molecular weight excluding hydrogens is 240 g/mol. The van der Waals surface area contributed by atoms with E-state index < -0.39 is 17.7 Å². The van der Waals surface area contributed by atoms with Crippen LogP contribution in [-0.4, -0.2) is 27.9 Å². The second kappa shape index (κ2) is 6.70. The molecule has 0 saturated carbocycles. The minimum absolute atomic E-state index is 0.144. The van der Waals surface area contributed by atoms with E-state index in [1.54, 1.807) is 0 Å². The fourth-order valence-electron chi connectivity index (χ4n) is 2.11. The molecule has 1 unspecified atom stereocenters. The Morgan fingerprint density at radius 2 is 1.72 bits per heavy atom. The molecule has 2 N–H and O–H groups in total. The third kappa shape index (κ3) is 3.96. The zero-order valence-corrected chi connectivity index (χ0v) is 10.6. The SMILES string of the molecule is CCC(CCCCCCC(=O)O)C1(C(=O)O)OO1. The van der Waals surface area contributed by atoms with Crippen molar-refractivity contribution < 1.29 is 29.6 Å². The molecule has 6 heteroatoms. The van der Waals surface area contributed by atoms with Crippen LogP contribution in [0.5, 0.6) is 0 Å². The maximum Gasteiger partial charge on any atom is 0.370 e. The number of hydrogen-bond acceptors (Lipinski definition) is 4. The number of carboxylic acids is 2. The summed E-state index contributed by atoms with van der Waals surface area (Å²) in [5.74, 6) is -3.41. The molecule has 1 atom stereocenters. The van der Waals surface area contributed by atoms with E-state index in [4.69, 9.17) is 10.2 Å². The Morgan fingerprint density at radius 1 is 1.11 bits per heavy atom. The fraction of sp³-hybridized carbons (Fsp3) is 0.833. The lowest BCUT2D eigenvalue weighted by atomic mass is 9.90. The van der Waals surface area contributed by atoms with E-state index in [9.17, 15) is 9.59 Å². The van der Waals surface area contributed by atoms with Gasteiger partial charge in [0.25, 0.3) is 0 Å². The van der Waals surface area contributed by atoms with Crippen LogP contribution in [-0.2, 0) is 19.4 Å². The first-order chi connectivity index (χ1) is 8.53. The third-order valence-corrected chi connectivity index (χ3v) is 3.28. The number of rotatable bonds is 10. The first-order valence-corrected chi connectivity index (χ1v) is 6.35. The summed E-state index contributed by atoms with van der Waals surface area (Å²) >= 11 is 0. The van der Waals surface area contributed by atoms with Crippen LogP contribution in [0.1, 0.15) is 51.9 Å². The fourth-order valence-corrected chi connectivity index (χ4v) is 2.11. The van der Waals surface area contributed by atoms with Gasteiger partial charge in [-0.15, -0.1) is 0 Å². The van der Waals surface area contributed by atoms with Crippen LogP contribution in [0.3, 0.4) is 0 Å². The predicted molar refractivity (Wildman–Crippen MR) is 61.7 cm³/mol. The van der Waals surface area contributed by atoms with Gasteiger partial charge in [0.1, 0.15) is 0 Å². The Kier molecular flexibility index (Phi) is 5.55. The second-order valence-corrected chi connectivity index (χ2v) is 4.59. The minimum Gasteiger partial charge on any atom is -0.481 e. The molecule has 0 aliphatic carbocycles. The highest BCUT2D eigenvalue weighted by atomic mass is 17.4. The lowest BCUT2D eigenvalue weighted by molar-refractivity contribution is -0.147. The summed E-state index contributed by atoms with van der Waals surface area (Å²) in [5, 5.41) is 17.5. The van der Waals surface area contributed by atoms with Gasteiger partial charge in [0, 0.05) is 12.3 Å². The Bertz CT molecular complexity index is 297. The number of hydrogen-bond donors (Lipinski definition) is 2. The standard InChI is InChI=1S/C12H20O6/c1-2-9(12(11(15)16)17-18-12)7-5-3-4-6-8-10(13)14/h9H,2-8H2,1H3,(H,13,14)(H,15,16). The van der Waals surface area contributed by atoms with E-state index in [0.29, 0.717) is 12.8 Å². The van der Waals surface area contributed by atoms with Gasteiger partial charge < -0.3 is 10.2 Å². The summed E-state index contributed by atoms with van der Waals surface area (Å²) in [7, 11) is 0. The molecule has 0 radical (unpaired) electrons. The first kappa shape index (κ1) is 14.9. The van der Waals surface area contributed by atoms with Gasteiger partial charge in [-0.1, -0.05) is 26.2 Å². The van der Waals surface area contributed by atoms with E-state index >= 15 is 0 Å². The van der Waals surface area contributed by atoms with Crippen molar-refractivity contribution in [2.24, 2.45) is 5.92 Å². The monoisotopic (exact) mass is 260 g/mol. The first-order valence-electron chi connectivity index (χ1n) is 6.35. The number of carboxylic acid groups (broad SMARTS) is 2. The van der Waals surface area contributed by atoms with Gasteiger partial charge in [-0.3, -0.25) is 4.79 Å². The van der Waals surface area contributed by atoms with Crippen molar-refractivity contribution in [2.75, 3.05) is 0 Å². The van der Waals surface area contributed by atoms with Crippen molar-refractivity contribution in [1.29, 1.82) is 0 Å². The zero-order valence-electron chi connectivity index (χ0n) is 10.6. The molecule has 0 amide bonds. The largest absolute Gasteiger partial charge is 0.481 e. The summed E-state index contributed by atoms with van der Waals surface area (Å²) in [6, 6.07) is 0. The summed E-state index contributed by atoms with van der Waals surface area (Å²) in [4.78, 5) is 30.6. The molecule has 0 aromatic heterocycles. The van der Waals surface area contributed by atoms with Gasteiger partial charge in [0.2, 0.25) is 0 Å². The maximum atomic E-state index is 11.0. The molecule has 18 heavy (non-hydrogen) atoms. The molecule has 1 saturated heterocycles. The molecule has 1 rings (SSSR count). The topological polar surface area (TPSA) is 99.7 Å². The number of aliphatic carboxylic acids is 2. The molecule has 0 aromatic carbocycles. The summed E-state index contributed by atoms with van der Waals surface area (Å²) < 4.78 is 0. The molecule has 1 aliphatic heterocycles. The Labute approximate surface area is 106 Å². The Morgan fingerprint density at radius 3 is 2.17 bits per heavy atom. The molecule has 6 nitrogen and oxygen atoms in total. The van der Waals surface area contributed by atoms with Gasteiger partial charge in [0.15, 0.2) is 0 Å². The van der Waals surface area contributed by atoms with E-state index in [2.05, 4.69) is 9.78 Å². The molecule has 0 bridgehead atoms. The van der Waals surface area contributed by atoms with E-state index in [1.165, 1.54) is 0 Å². The highest BCUT2D eigenvalue weighted by Gasteiger charge is 2.62. The van der Waals surface area contributed by atoms with Crippen LogP contribution in [0.4, 0.5) is 0 Å². The maximum absolute atomic E-state index is 11.0. The molecule has 0 spiro atoms. The van der Waals surface area contributed by atoms with Gasteiger partial charge >= 0.3 is 17.7 Å². The van der Waals surface area contributed by atoms with Crippen molar-refractivity contribution in [3.05, 3.63) is 0 Å². The van der Waals surface area contributed by atoms with Gasteiger partial charge in [-0.05, 0) is 19.3 Å². The molecule has 1 aliphatic rings. The van der Waals surface area contributed by atoms with Crippen LogP contribution in [0.25, 0.3) is 0 Å². The van der Waals surface area contributed by atoms with Crippen LogP contribution in [0, 0.1) is 5.92 Å². The Balaban J connectivity index is 2.17. The minimum atomic E-state index is -1.42. The van der Waals surface area contributed by atoms with Crippen molar-refractivity contribution in [3.8, 4) is 0 Å². The highest BCUT2D eigenvalue weighted by Crippen LogP contribution is 2.42. The van der Waals surface area contributed by atoms with Crippen molar-refractivity contribution in [2.45, 2.75) is 57.7 Å². The zero-order chi connectivity index (χ0) is 13.6. The highest BCUT2D eigenvalue weighted by molar-refractivity contribution is 5.77. The van der Waals surface area contributed by atoms with Gasteiger partial charge in [-0.2, -0.15) is 9.78 Å². The van der Waals surface area contributed by atoms with Crippen molar-refractivity contribution in [1.82, 2.24) is 0 Å². The van der Waals surface area contributed by atoms with Crippen LogP contribution >= 0.6 is 0 Å². The van der Waals surface area contributed by atoms with E-state index in [1.807, 2.05) is 6.92 Å². The van der Waals surface area contributed by atoms with Crippen LogP contribution in [0.15, 0.2) is 0 Å². The van der Waals surface area contributed by atoms with Crippen molar-refractivity contribution >= 4 is 11.9 Å². The second-order valence-electron chi connectivity index (χ2n) is 4.59. The molecule has 104 valence electrons. The van der Waals surface area contributed by atoms with Gasteiger partial charge in [0.05, 0.1) is 0 Å². The molecule has 1 heterocycles. The van der Waals surface area contributed by atoms with E-state index in [0.717, 1.165) is 25.7 Å². The average Bonchev–Trinajstić information content (AvgIpc) is 3.09. The van der Waals surface area contributed by atoms with E-state index in [-0.39, 0.29) is 12.3 Å². The molecular formula is C12H20O6. The van der Waals surface area contributed by atoms with Gasteiger partial charge in [-0.25, -0.2) is 4.79 Å². The summed E-state index contributed by atoms with van der Waals surface area (Å²) in [5.41, 5.74) is 0. The lowest BCUT2D eigenvalue weighted by Gasteiger charge is -2.15.